The first-order valence-electron chi connectivity index (χ1n) is 8.08. The third kappa shape index (κ3) is 3.71. The topological polar surface area (TPSA) is 66.8 Å². The summed E-state index contributed by atoms with van der Waals surface area (Å²) >= 11 is 0. The fourth-order valence-electron chi connectivity index (χ4n) is 2.83. The van der Waals surface area contributed by atoms with Gasteiger partial charge in [-0.3, -0.25) is 9.59 Å². The van der Waals surface area contributed by atoms with Crippen molar-refractivity contribution in [1.82, 2.24) is 0 Å². The molecule has 25 heavy (non-hydrogen) atoms. The second-order valence-electron chi connectivity index (χ2n) is 5.83. The number of carbonyl (C=O) groups excluding carboxylic acids is 2. The van der Waals surface area contributed by atoms with E-state index in [1.54, 1.807) is 41.3 Å². The van der Waals surface area contributed by atoms with E-state index in [4.69, 9.17) is 4.74 Å². The molecule has 1 N–H and O–H groups in total. The van der Waals surface area contributed by atoms with Gasteiger partial charge in [-0.05, 0) is 42.3 Å². The van der Waals surface area contributed by atoms with Crippen LogP contribution in [0.4, 0.5) is 5.69 Å². The minimum atomic E-state index is -0.163. The van der Waals surface area contributed by atoms with Gasteiger partial charge in [0.2, 0.25) is 5.91 Å². The zero-order valence-electron chi connectivity index (χ0n) is 13.9. The SMILES string of the molecule is COc1ccc(C=CC(=O)c2cccc(N3CCCC3=O)c2)cc1O. The summed E-state index contributed by atoms with van der Waals surface area (Å²) in [4.78, 5) is 26.0. The maximum atomic E-state index is 12.4. The van der Waals surface area contributed by atoms with Crippen molar-refractivity contribution < 1.29 is 19.4 Å². The first-order chi connectivity index (χ1) is 12.1. The molecule has 0 spiro atoms. The number of carbonyl (C=O) groups is 2. The van der Waals surface area contributed by atoms with Gasteiger partial charge in [0.25, 0.3) is 0 Å². The largest absolute Gasteiger partial charge is 0.504 e. The van der Waals surface area contributed by atoms with Crippen molar-refractivity contribution in [3.05, 3.63) is 59.7 Å². The molecule has 0 aromatic heterocycles. The first-order valence-corrected chi connectivity index (χ1v) is 8.08. The second-order valence-corrected chi connectivity index (χ2v) is 5.83. The highest BCUT2D eigenvalue weighted by molar-refractivity contribution is 6.08. The van der Waals surface area contributed by atoms with E-state index in [0.717, 1.165) is 12.1 Å². The number of anilines is 1. The van der Waals surface area contributed by atoms with Crippen molar-refractivity contribution in [3.8, 4) is 11.5 Å². The lowest BCUT2D eigenvalue weighted by molar-refractivity contribution is -0.117. The molecule has 1 fully saturated rings. The van der Waals surface area contributed by atoms with Crippen molar-refractivity contribution in [2.45, 2.75) is 12.8 Å². The molecule has 0 atom stereocenters. The number of methoxy groups -OCH3 is 1. The molecule has 0 unspecified atom stereocenters. The highest BCUT2D eigenvalue weighted by Crippen LogP contribution is 2.27. The Morgan fingerprint density at radius 3 is 2.76 bits per heavy atom. The lowest BCUT2D eigenvalue weighted by Crippen LogP contribution is -2.23. The van der Waals surface area contributed by atoms with E-state index in [9.17, 15) is 14.7 Å². The van der Waals surface area contributed by atoms with E-state index in [0.29, 0.717) is 29.8 Å². The Morgan fingerprint density at radius 1 is 1.24 bits per heavy atom. The molecule has 5 heteroatoms. The summed E-state index contributed by atoms with van der Waals surface area (Å²) in [7, 11) is 1.48. The number of hydrogen-bond donors (Lipinski definition) is 1. The Hall–Kier alpha value is -3.08. The molecule has 128 valence electrons. The van der Waals surface area contributed by atoms with E-state index in [-0.39, 0.29) is 17.4 Å². The summed E-state index contributed by atoms with van der Waals surface area (Å²) in [5, 5.41) is 9.77. The fourth-order valence-corrected chi connectivity index (χ4v) is 2.83. The van der Waals surface area contributed by atoms with Crippen molar-refractivity contribution >= 4 is 23.5 Å². The van der Waals surface area contributed by atoms with Crippen LogP contribution in [0, 0.1) is 0 Å². The highest BCUT2D eigenvalue weighted by atomic mass is 16.5. The average molecular weight is 337 g/mol. The smallest absolute Gasteiger partial charge is 0.227 e. The van der Waals surface area contributed by atoms with Gasteiger partial charge in [0.1, 0.15) is 0 Å². The Balaban J connectivity index is 1.77. The van der Waals surface area contributed by atoms with Gasteiger partial charge in [-0.2, -0.15) is 0 Å². The van der Waals surface area contributed by atoms with Gasteiger partial charge in [-0.25, -0.2) is 0 Å². The number of amides is 1. The van der Waals surface area contributed by atoms with Gasteiger partial charge in [-0.1, -0.05) is 24.3 Å². The number of phenolic OH excluding ortho intramolecular Hbond substituents is 1. The van der Waals surface area contributed by atoms with Gasteiger partial charge in [0.05, 0.1) is 7.11 Å². The lowest BCUT2D eigenvalue weighted by Gasteiger charge is -2.16. The minimum Gasteiger partial charge on any atom is -0.504 e. The van der Waals surface area contributed by atoms with E-state index in [2.05, 4.69) is 0 Å². The van der Waals surface area contributed by atoms with Gasteiger partial charge in [0, 0.05) is 24.2 Å². The number of allylic oxidation sites excluding steroid dienone is 1. The molecule has 1 saturated heterocycles. The van der Waals surface area contributed by atoms with Crippen LogP contribution in [0.5, 0.6) is 11.5 Å². The summed E-state index contributed by atoms with van der Waals surface area (Å²) in [6.07, 6.45) is 4.48. The predicted octanol–water partition coefficient (Wildman–Crippen LogP) is 3.42. The third-order valence-electron chi connectivity index (χ3n) is 4.15. The van der Waals surface area contributed by atoms with Gasteiger partial charge in [-0.15, -0.1) is 0 Å². The van der Waals surface area contributed by atoms with Crippen LogP contribution in [-0.4, -0.2) is 30.5 Å². The molecule has 5 nitrogen and oxygen atoms in total. The quantitative estimate of drug-likeness (QED) is 0.670. The van der Waals surface area contributed by atoms with E-state index in [1.165, 1.54) is 19.3 Å². The van der Waals surface area contributed by atoms with Crippen molar-refractivity contribution in [2.24, 2.45) is 0 Å². The number of benzene rings is 2. The molecule has 0 radical (unpaired) electrons. The molecular formula is C20H19NO4. The predicted molar refractivity (Wildman–Crippen MR) is 96.1 cm³/mol. The lowest BCUT2D eigenvalue weighted by atomic mass is 10.1. The number of nitrogens with zero attached hydrogens (tertiary/aromatic N) is 1. The Labute approximate surface area is 146 Å². The van der Waals surface area contributed by atoms with Crippen molar-refractivity contribution in [1.29, 1.82) is 0 Å². The number of rotatable bonds is 5. The van der Waals surface area contributed by atoms with Crippen LogP contribution in [0.2, 0.25) is 0 Å². The van der Waals surface area contributed by atoms with Gasteiger partial charge < -0.3 is 14.7 Å². The summed E-state index contributed by atoms with van der Waals surface area (Å²) < 4.78 is 4.99. The number of aromatic hydroxyl groups is 1. The van der Waals surface area contributed by atoms with Crippen LogP contribution >= 0.6 is 0 Å². The maximum absolute atomic E-state index is 12.4. The second kappa shape index (κ2) is 7.21. The summed E-state index contributed by atoms with van der Waals surface area (Å²) in [5.41, 5.74) is 1.97. The summed E-state index contributed by atoms with van der Waals surface area (Å²) in [6.45, 7) is 0.692. The van der Waals surface area contributed by atoms with Crippen LogP contribution in [0.15, 0.2) is 48.5 Å². The molecule has 0 bridgehead atoms. The first kappa shape index (κ1) is 16.8. The van der Waals surface area contributed by atoms with Crippen LogP contribution in [0.25, 0.3) is 6.08 Å². The molecule has 0 aliphatic carbocycles. The third-order valence-corrected chi connectivity index (χ3v) is 4.15. The fraction of sp³-hybridized carbons (Fsp3) is 0.200. The van der Waals surface area contributed by atoms with Crippen LogP contribution in [0.3, 0.4) is 0 Å². The van der Waals surface area contributed by atoms with Crippen LogP contribution in [-0.2, 0) is 4.79 Å². The van der Waals surface area contributed by atoms with Gasteiger partial charge in [0.15, 0.2) is 17.3 Å². The monoisotopic (exact) mass is 337 g/mol. The molecule has 3 rings (SSSR count). The molecular weight excluding hydrogens is 318 g/mol. The van der Waals surface area contributed by atoms with Crippen molar-refractivity contribution in [2.75, 3.05) is 18.6 Å². The van der Waals surface area contributed by atoms with Crippen LogP contribution < -0.4 is 9.64 Å². The standard InChI is InChI=1S/C20H19NO4/c1-25-19-10-8-14(12-18(19)23)7-9-17(22)15-4-2-5-16(13-15)21-11-3-6-20(21)24/h2,4-5,7-10,12-13,23H,3,6,11H2,1H3. The number of phenols is 1. The van der Waals surface area contributed by atoms with Crippen molar-refractivity contribution in [3.63, 3.8) is 0 Å². The van der Waals surface area contributed by atoms with E-state index in [1.807, 2.05) is 6.07 Å². The number of ether oxygens (including phenoxy) is 1. The molecule has 0 saturated carbocycles. The molecule has 2 aromatic carbocycles. The van der Waals surface area contributed by atoms with E-state index >= 15 is 0 Å². The molecule has 2 aromatic rings. The van der Waals surface area contributed by atoms with Gasteiger partial charge >= 0.3 is 0 Å². The average Bonchev–Trinajstić information content (AvgIpc) is 3.06. The normalized spacial score (nSPS) is 14.3. The summed E-state index contributed by atoms with van der Waals surface area (Å²) in [5.74, 6) is 0.329. The Morgan fingerprint density at radius 2 is 2.08 bits per heavy atom. The number of hydrogen-bond acceptors (Lipinski definition) is 4. The van der Waals surface area contributed by atoms with Crippen LogP contribution in [0.1, 0.15) is 28.8 Å². The Bertz CT molecular complexity index is 841. The highest BCUT2D eigenvalue weighted by Gasteiger charge is 2.22. The minimum absolute atomic E-state index is 0.0200. The summed E-state index contributed by atoms with van der Waals surface area (Å²) in [6, 6.07) is 12.0. The molecule has 1 aliphatic rings. The molecule has 1 heterocycles. The maximum Gasteiger partial charge on any atom is 0.227 e. The molecule has 1 aliphatic heterocycles. The Kier molecular flexibility index (Phi) is 4.84. The zero-order chi connectivity index (χ0) is 17.8. The molecule has 1 amide bonds. The van der Waals surface area contributed by atoms with E-state index < -0.39 is 0 Å². The number of ketones is 1. The zero-order valence-corrected chi connectivity index (χ0v) is 13.9.